The Bertz CT molecular complexity index is 769. The van der Waals surface area contributed by atoms with Crippen LogP contribution >= 0.6 is 0 Å². The average Bonchev–Trinajstić information content (AvgIpc) is 3.29. The molecule has 0 spiro atoms. The molecule has 180 valence electrons. The van der Waals surface area contributed by atoms with Gasteiger partial charge in [-0.05, 0) is 91.0 Å². The number of methoxy groups -OCH3 is 1. The van der Waals surface area contributed by atoms with Crippen molar-refractivity contribution < 1.29 is 19.0 Å². The van der Waals surface area contributed by atoms with Crippen LogP contribution in [-0.4, -0.2) is 72.8 Å². The maximum Gasteiger partial charge on any atom is 0.410 e. The van der Waals surface area contributed by atoms with E-state index < -0.39 is 5.60 Å². The first-order chi connectivity index (χ1) is 15.2. The van der Waals surface area contributed by atoms with Crippen LogP contribution in [0.3, 0.4) is 0 Å². The summed E-state index contributed by atoms with van der Waals surface area (Å²) in [4.78, 5) is 21.6. The van der Waals surface area contributed by atoms with Gasteiger partial charge in [-0.3, -0.25) is 4.90 Å². The Kier molecular flexibility index (Phi) is 7.91. The summed E-state index contributed by atoms with van der Waals surface area (Å²) in [7, 11) is 1.65. The van der Waals surface area contributed by atoms with Crippen molar-refractivity contribution in [3.63, 3.8) is 0 Å². The van der Waals surface area contributed by atoms with Crippen molar-refractivity contribution in [2.45, 2.75) is 84.3 Å². The number of carbonyl (C=O) groups is 1. The van der Waals surface area contributed by atoms with Crippen LogP contribution in [-0.2, 0) is 14.2 Å². The number of fused-ring (bicyclic) bond motifs is 1. The third-order valence-electron chi connectivity index (χ3n) is 6.57. The van der Waals surface area contributed by atoms with E-state index in [0.29, 0.717) is 37.9 Å². The summed E-state index contributed by atoms with van der Waals surface area (Å²) in [5, 5.41) is 0. The quantitative estimate of drug-likeness (QED) is 0.330. The maximum atomic E-state index is 12.5. The minimum Gasteiger partial charge on any atom is -0.481 e. The van der Waals surface area contributed by atoms with Crippen molar-refractivity contribution in [3.8, 4) is 0 Å². The van der Waals surface area contributed by atoms with Gasteiger partial charge in [-0.25, -0.2) is 4.79 Å². The largest absolute Gasteiger partial charge is 0.481 e. The number of aliphatic imine (C=N–C) groups is 1. The highest BCUT2D eigenvalue weighted by Crippen LogP contribution is 2.39. The molecule has 0 bridgehead atoms. The highest BCUT2D eigenvalue weighted by Gasteiger charge is 2.45. The third-order valence-corrected chi connectivity index (χ3v) is 6.57. The molecule has 0 atom stereocenters. The molecule has 0 aromatic rings. The Balaban J connectivity index is 1.70. The fourth-order valence-electron chi connectivity index (χ4n) is 5.01. The number of nitrogens with zero attached hydrogens (tertiary/aromatic N) is 3. The number of hydrogen-bond donors (Lipinski definition) is 0. The summed E-state index contributed by atoms with van der Waals surface area (Å²) in [6.45, 7) is 13.9. The molecule has 2 fully saturated rings. The van der Waals surface area contributed by atoms with Crippen molar-refractivity contribution in [3.05, 3.63) is 23.1 Å². The molecule has 3 aliphatic rings. The number of rotatable bonds is 6. The lowest BCUT2D eigenvalue weighted by Gasteiger charge is -2.32. The number of hydrogen-bond acceptors (Lipinski definition) is 6. The zero-order valence-electron chi connectivity index (χ0n) is 20.8. The zero-order chi connectivity index (χ0) is 23.4. The Morgan fingerprint density at radius 1 is 1.19 bits per heavy atom. The fourth-order valence-corrected chi connectivity index (χ4v) is 5.01. The molecule has 7 nitrogen and oxygen atoms in total. The van der Waals surface area contributed by atoms with Crippen LogP contribution in [0.4, 0.5) is 4.79 Å². The van der Waals surface area contributed by atoms with Crippen LogP contribution in [0.25, 0.3) is 0 Å². The molecule has 3 aliphatic heterocycles. The van der Waals surface area contributed by atoms with E-state index in [1.807, 2.05) is 33.8 Å². The molecular weight excluding hydrogens is 406 g/mol. The van der Waals surface area contributed by atoms with Gasteiger partial charge in [0.25, 0.3) is 0 Å². The van der Waals surface area contributed by atoms with Gasteiger partial charge in [0.05, 0.1) is 12.6 Å². The molecule has 0 radical (unpaired) electrons. The lowest BCUT2D eigenvalue weighted by atomic mass is 9.95. The minimum atomic E-state index is -0.501. The molecule has 3 rings (SSSR count). The predicted molar refractivity (Wildman–Crippen MR) is 127 cm³/mol. The van der Waals surface area contributed by atoms with E-state index in [2.05, 4.69) is 11.8 Å². The third kappa shape index (κ3) is 5.85. The number of ether oxygens (including phenoxy) is 3. The van der Waals surface area contributed by atoms with E-state index in [1.54, 1.807) is 12.0 Å². The first-order valence-electron chi connectivity index (χ1n) is 12.0. The van der Waals surface area contributed by atoms with Gasteiger partial charge >= 0.3 is 6.09 Å². The molecule has 0 aromatic heterocycles. The summed E-state index contributed by atoms with van der Waals surface area (Å²) in [6, 6.07) is 0. The highest BCUT2D eigenvalue weighted by molar-refractivity contribution is 5.95. The van der Waals surface area contributed by atoms with Crippen LogP contribution in [0.5, 0.6) is 0 Å². The van der Waals surface area contributed by atoms with Gasteiger partial charge in [0, 0.05) is 18.7 Å². The highest BCUT2D eigenvalue weighted by atomic mass is 16.6. The number of allylic oxidation sites excluding steroid dienone is 1. The molecule has 2 saturated heterocycles. The zero-order valence-corrected chi connectivity index (χ0v) is 20.8. The summed E-state index contributed by atoms with van der Waals surface area (Å²) >= 11 is 0. The topological polar surface area (TPSA) is 63.6 Å². The molecule has 32 heavy (non-hydrogen) atoms. The molecule has 1 amide bonds. The molecule has 0 N–H and O–H groups in total. The van der Waals surface area contributed by atoms with E-state index in [-0.39, 0.29) is 11.6 Å². The lowest BCUT2D eigenvalue weighted by Crippen LogP contribution is -2.42. The monoisotopic (exact) mass is 447 g/mol. The van der Waals surface area contributed by atoms with Gasteiger partial charge in [0.1, 0.15) is 12.2 Å². The number of carbonyl (C=O) groups excluding carboxylic acids is 1. The van der Waals surface area contributed by atoms with Crippen LogP contribution in [0.15, 0.2) is 28.1 Å². The standard InChI is InChI=1S/C25H41N3O4/c1-7-10-21(31-18-25-12-8-14-28(25)15-9-13-25)26-22(30-6)20-11-16-27(17-19(20)2)23(29)32-24(3,4)5/h10H,7-9,11-18H2,1-6H3/b21-10-,26-22+. The van der Waals surface area contributed by atoms with Crippen LogP contribution in [0, 0.1) is 0 Å². The Hall–Kier alpha value is -2.02. The SMILES string of the molecule is CC/C=C(/N=C(/OC)C1=C(C)CN(C(=O)OC(C)(C)C)CC1)OCC12CCCN1CCC2. The van der Waals surface area contributed by atoms with Crippen molar-refractivity contribution >= 4 is 12.0 Å². The molecule has 7 heteroatoms. The maximum absolute atomic E-state index is 12.5. The van der Waals surface area contributed by atoms with Gasteiger partial charge in [-0.2, -0.15) is 4.99 Å². The normalized spacial score (nSPS) is 22.2. The van der Waals surface area contributed by atoms with Crippen molar-refractivity contribution in [1.29, 1.82) is 0 Å². The van der Waals surface area contributed by atoms with E-state index in [9.17, 15) is 4.79 Å². The van der Waals surface area contributed by atoms with Gasteiger partial charge in [0.2, 0.25) is 11.8 Å². The Labute approximate surface area is 193 Å². The van der Waals surface area contributed by atoms with Crippen molar-refractivity contribution in [1.82, 2.24) is 9.80 Å². The number of amides is 1. The molecule has 0 aliphatic carbocycles. The Morgan fingerprint density at radius 3 is 2.44 bits per heavy atom. The van der Waals surface area contributed by atoms with Crippen LogP contribution in [0.2, 0.25) is 0 Å². The van der Waals surface area contributed by atoms with E-state index >= 15 is 0 Å². The molecule has 0 unspecified atom stereocenters. The second kappa shape index (κ2) is 10.3. The second-order valence-electron chi connectivity index (χ2n) is 10.2. The van der Waals surface area contributed by atoms with Gasteiger partial charge in [0.15, 0.2) is 0 Å². The van der Waals surface area contributed by atoms with Crippen molar-refractivity contribution in [2.24, 2.45) is 4.99 Å². The molecule has 3 heterocycles. The van der Waals surface area contributed by atoms with E-state index in [1.165, 1.54) is 38.8 Å². The first-order valence-corrected chi connectivity index (χ1v) is 12.0. The molecule has 0 saturated carbocycles. The second-order valence-corrected chi connectivity index (χ2v) is 10.2. The minimum absolute atomic E-state index is 0.184. The fraction of sp³-hybridized carbons (Fsp3) is 0.760. The summed E-state index contributed by atoms with van der Waals surface area (Å²) in [5.41, 5.74) is 1.79. The molecule has 0 aromatic carbocycles. The smallest absolute Gasteiger partial charge is 0.410 e. The molecular formula is C25H41N3O4. The predicted octanol–water partition coefficient (Wildman–Crippen LogP) is 4.89. The van der Waals surface area contributed by atoms with Crippen LogP contribution in [0.1, 0.15) is 73.1 Å². The first kappa shape index (κ1) is 24.6. The van der Waals surface area contributed by atoms with Crippen molar-refractivity contribution in [2.75, 3.05) is 39.9 Å². The summed E-state index contributed by atoms with van der Waals surface area (Å²) < 4.78 is 17.5. The van der Waals surface area contributed by atoms with Gasteiger partial charge in [-0.1, -0.05) is 6.92 Å². The lowest BCUT2D eigenvalue weighted by molar-refractivity contribution is 0.0260. The van der Waals surface area contributed by atoms with Gasteiger partial charge < -0.3 is 19.1 Å². The van der Waals surface area contributed by atoms with E-state index in [4.69, 9.17) is 19.2 Å². The van der Waals surface area contributed by atoms with Crippen LogP contribution < -0.4 is 0 Å². The average molecular weight is 448 g/mol. The van der Waals surface area contributed by atoms with Gasteiger partial charge in [-0.15, -0.1) is 0 Å². The van der Waals surface area contributed by atoms with E-state index in [0.717, 1.165) is 17.6 Å². The summed E-state index contributed by atoms with van der Waals surface area (Å²) in [6.07, 6.45) is 8.18. The Morgan fingerprint density at radius 2 is 1.88 bits per heavy atom. The summed E-state index contributed by atoms with van der Waals surface area (Å²) in [5.74, 6) is 1.21.